The van der Waals surface area contributed by atoms with Gasteiger partial charge in [-0.15, -0.1) is 0 Å². The summed E-state index contributed by atoms with van der Waals surface area (Å²) in [6, 6.07) is 3.45. The van der Waals surface area contributed by atoms with Gasteiger partial charge in [0, 0.05) is 19.6 Å². The van der Waals surface area contributed by atoms with Gasteiger partial charge in [0.05, 0.1) is 30.6 Å². The van der Waals surface area contributed by atoms with Gasteiger partial charge in [0.25, 0.3) is 0 Å². The molecule has 4 nitrogen and oxygen atoms in total. The first-order chi connectivity index (χ1) is 10.2. The van der Waals surface area contributed by atoms with Crippen LogP contribution in [-0.2, 0) is 4.74 Å². The minimum absolute atomic E-state index is 0.184. The highest BCUT2D eigenvalue weighted by Gasteiger charge is 2.19. The van der Waals surface area contributed by atoms with E-state index in [2.05, 4.69) is 29.0 Å². The fraction of sp³-hybridized carbons (Fsp3) is 0.688. The summed E-state index contributed by atoms with van der Waals surface area (Å²) in [5.74, 6) is -0.282. The molecule has 1 aliphatic heterocycles. The van der Waals surface area contributed by atoms with Gasteiger partial charge in [-0.2, -0.15) is 0 Å². The van der Waals surface area contributed by atoms with Crippen molar-refractivity contribution in [1.82, 2.24) is 15.2 Å². The Labute approximate surface area is 126 Å². The molecule has 1 aliphatic rings. The second-order valence-electron chi connectivity index (χ2n) is 5.68. The molecule has 1 saturated heterocycles. The van der Waals surface area contributed by atoms with Gasteiger partial charge in [0.1, 0.15) is 5.82 Å². The van der Waals surface area contributed by atoms with Crippen LogP contribution in [0, 0.1) is 5.82 Å². The maximum absolute atomic E-state index is 13.0. The Bertz CT molecular complexity index is 412. The van der Waals surface area contributed by atoms with Crippen LogP contribution in [0.1, 0.15) is 38.4 Å². The van der Waals surface area contributed by atoms with Crippen molar-refractivity contribution >= 4 is 0 Å². The average molecular weight is 295 g/mol. The van der Waals surface area contributed by atoms with E-state index in [9.17, 15) is 4.39 Å². The van der Waals surface area contributed by atoms with Crippen LogP contribution in [0.4, 0.5) is 4.39 Å². The predicted octanol–water partition coefficient (Wildman–Crippen LogP) is 2.37. The molecule has 5 heteroatoms. The molecule has 0 radical (unpaired) electrons. The predicted molar refractivity (Wildman–Crippen MR) is 81.7 cm³/mol. The first-order valence-electron chi connectivity index (χ1n) is 7.88. The number of aromatic nitrogens is 1. The van der Waals surface area contributed by atoms with Crippen LogP contribution in [0.15, 0.2) is 18.3 Å². The van der Waals surface area contributed by atoms with Gasteiger partial charge in [0.15, 0.2) is 0 Å². The topological polar surface area (TPSA) is 37.4 Å². The number of halogens is 1. The molecule has 21 heavy (non-hydrogen) atoms. The van der Waals surface area contributed by atoms with Crippen molar-refractivity contribution < 1.29 is 9.13 Å². The number of nitrogens with one attached hydrogen (secondary N) is 1. The van der Waals surface area contributed by atoms with Gasteiger partial charge < -0.3 is 10.1 Å². The van der Waals surface area contributed by atoms with Crippen LogP contribution in [-0.4, -0.2) is 48.8 Å². The maximum Gasteiger partial charge on any atom is 0.141 e. The highest BCUT2D eigenvalue weighted by atomic mass is 19.1. The molecule has 1 fully saturated rings. The number of morpholine rings is 1. The molecule has 0 bridgehead atoms. The van der Waals surface area contributed by atoms with Crippen molar-refractivity contribution in [1.29, 1.82) is 0 Å². The van der Waals surface area contributed by atoms with E-state index in [1.165, 1.54) is 12.3 Å². The van der Waals surface area contributed by atoms with Crippen LogP contribution < -0.4 is 5.32 Å². The molecule has 0 saturated carbocycles. The van der Waals surface area contributed by atoms with Gasteiger partial charge in [-0.05, 0) is 38.4 Å². The van der Waals surface area contributed by atoms with Gasteiger partial charge >= 0.3 is 0 Å². The van der Waals surface area contributed by atoms with Gasteiger partial charge in [-0.1, -0.05) is 6.92 Å². The third kappa shape index (κ3) is 5.34. The van der Waals surface area contributed by atoms with Crippen molar-refractivity contribution in [2.75, 3.05) is 32.8 Å². The summed E-state index contributed by atoms with van der Waals surface area (Å²) in [5, 5.41) is 3.51. The van der Waals surface area contributed by atoms with Gasteiger partial charge in [-0.3, -0.25) is 9.88 Å². The number of pyridine rings is 1. The van der Waals surface area contributed by atoms with Crippen molar-refractivity contribution in [3.05, 3.63) is 29.8 Å². The molecule has 118 valence electrons. The van der Waals surface area contributed by atoms with Crippen molar-refractivity contribution in [2.45, 2.75) is 38.8 Å². The highest BCUT2D eigenvalue weighted by molar-refractivity contribution is 5.10. The van der Waals surface area contributed by atoms with Crippen LogP contribution >= 0.6 is 0 Å². The van der Waals surface area contributed by atoms with E-state index in [1.807, 2.05) is 0 Å². The molecular weight excluding hydrogens is 269 g/mol. The SMILES string of the molecule is CCCNC(CCN1CCOC(C)C1)c1ccc(F)cn1. The molecule has 2 unspecified atom stereocenters. The molecule has 0 amide bonds. The van der Waals surface area contributed by atoms with E-state index in [0.717, 1.165) is 51.3 Å². The zero-order chi connectivity index (χ0) is 15.1. The molecule has 0 aromatic carbocycles. The van der Waals surface area contributed by atoms with E-state index >= 15 is 0 Å². The number of ether oxygens (including phenoxy) is 1. The van der Waals surface area contributed by atoms with Gasteiger partial charge in [0.2, 0.25) is 0 Å². The summed E-state index contributed by atoms with van der Waals surface area (Å²) in [5.41, 5.74) is 0.922. The highest BCUT2D eigenvalue weighted by Crippen LogP contribution is 2.16. The third-order valence-electron chi connectivity index (χ3n) is 3.81. The largest absolute Gasteiger partial charge is 0.376 e. The van der Waals surface area contributed by atoms with Crippen molar-refractivity contribution in [3.63, 3.8) is 0 Å². The first-order valence-corrected chi connectivity index (χ1v) is 7.88. The van der Waals surface area contributed by atoms with Crippen LogP contribution in [0.5, 0.6) is 0 Å². The molecule has 1 aromatic rings. The number of hydrogen-bond donors (Lipinski definition) is 1. The average Bonchev–Trinajstić information content (AvgIpc) is 2.49. The zero-order valence-corrected chi connectivity index (χ0v) is 13.0. The smallest absolute Gasteiger partial charge is 0.141 e. The van der Waals surface area contributed by atoms with E-state index in [1.54, 1.807) is 6.07 Å². The molecule has 1 N–H and O–H groups in total. The summed E-state index contributed by atoms with van der Waals surface area (Å²) in [7, 11) is 0. The molecule has 2 atom stereocenters. The van der Waals surface area contributed by atoms with Crippen molar-refractivity contribution in [2.24, 2.45) is 0 Å². The first kappa shape index (κ1) is 16.3. The van der Waals surface area contributed by atoms with E-state index in [0.29, 0.717) is 6.10 Å². The van der Waals surface area contributed by atoms with Crippen molar-refractivity contribution in [3.8, 4) is 0 Å². The molecule has 0 aliphatic carbocycles. The quantitative estimate of drug-likeness (QED) is 0.838. The van der Waals surface area contributed by atoms with Gasteiger partial charge in [-0.25, -0.2) is 4.39 Å². The lowest BCUT2D eigenvalue weighted by atomic mass is 10.1. The molecule has 0 spiro atoms. The van der Waals surface area contributed by atoms with Crippen LogP contribution in [0.3, 0.4) is 0 Å². The lowest BCUT2D eigenvalue weighted by Gasteiger charge is -2.32. The lowest BCUT2D eigenvalue weighted by molar-refractivity contribution is -0.0192. The Hall–Kier alpha value is -1.04. The Morgan fingerprint density at radius 3 is 3.05 bits per heavy atom. The number of rotatable bonds is 7. The van der Waals surface area contributed by atoms with E-state index < -0.39 is 0 Å². The molecule has 2 rings (SSSR count). The Morgan fingerprint density at radius 2 is 2.38 bits per heavy atom. The summed E-state index contributed by atoms with van der Waals surface area (Å²) < 4.78 is 18.6. The minimum atomic E-state index is -0.282. The Balaban J connectivity index is 1.91. The second-order valence-corrected chi connectivity index (χ2v) is 5.68. The Morgan fingerprint density at radius 1 is 1.52 bits per heavy atom. The lowest BCUT2D eigenvalue weighted by Crippen LogP contribution is -2.42. The van der Waals surface area contributed by atoms with E-state index in [4.69, 9.17) is 4.74 Å². The summed E-state index contributed by atoms with van der Waals surface area (Å²) in [4.78, 5) is 6.66. The number of nitrogens with zero attached hydrogens (tertiary/aromatic N) is 2. The molecule has 2 heterocycles. The molecule has 1 aromatic heterocycles. The fourth-order valence-electron chi connectivity index (χ4n) is 2.67. The standard InChI is InChI=1S/C16H26FN3O/c1-3-7-18-16(15-5-4-14(17)11-19-15)6-8-20-9-10-21-13(2)12-20/h4-5,11,13,16,18H,3,6-10,12H2,1-2H3. The van der Waals surface area contributed by atoms with E-state index in [-0.39, 0.29) is 11.9 Å². The third-order valence-corrected chi connectivity index (χ3v) is 3.81. The van der Waals surface area contributed by atoms with Crippen LogP contribution in [0.25, 0.3) is 0 Å². The monoisotopic (exact) mass is 295 g/mol. The summed E-state index contributed by atoms with van der Waals surface area (Å²) in [6.07, 6.45) is 3.66. The maximum atomic E-state index is 13.0. The minimum Gasteiger partial charge on any atom is -0.376 e. The summed E-state index contributed by atoms with van der Waals surface area (Å²) >= 11 is 0. The Kier molecular flexibility index (Phi) is 6.54. The normalized spacial score (nSPS) is 21.4. The second kappa shape index (κ2) is 8.41. The number of hydrogen-bond acceptors (Lipinski definition) is 4. The van der Waals surface area contributed by atoms with Crippen LogP contribution in [0.2, 0.25) is 0 Å². The zero-order valence-electron chi connectivity index (χ0n) is 13.0. The fourth-order valence-corrected chi connectivity index (χ4v) is 2.67. The molecular formula is C16H26FN3O. The summed E-state index contributed by atoms with van der Waals surface area (Å²) in [6.45, 7) is 8.99.